The van der Waals surface area contributed by atoms with Crippen LogP contribution in [0.25, 0.3) is 0 Å². The first-order valence-electron chi connectivity index (χ1n) is 4.34. The largest absolute Gasteiger partial charge is 0.388 e. The standard InChI is InChI=1S/C8H10N6S/c1-13-11-7(10-12-13)5-14-4-2-3-6(14)8(9)15/h2-4H,5H2,1H3,(H2,9,15). The molecule has 0 fully saturated rings. The maximum atomic E-state index is 5.57. The zero-order chi connectivity index (χ0) is 10.8. The van der Waals surface area contributed by atoms with Gasteiger partial charge in [-0.1, -0.05) is 12.2 Å². The number of nitrogens with two attached hydrogens (primary N) is 1. The summed E-state index contributed by atoms with van der Waals surface area (Å²) < 4.78 is 1.89. The summed E-state index contributed by atoms with van der Waals surface area (Å²) in [6, 6.07) is 3.74. The maximum absolute atomic E-state index is 5.57. The Balaban J connectivity index is 2.24. The van der Waals surface area contributed by atoms with Gasteiger partial charge in [-0.2, -0.15) is 4.80 Å². The molecule has 0 radical (unpaired) electrons. The molecule has 0 unspecified atom stereocenters. The van der Waals surface area contributed by atoms with E-state index in [2.05, 4.69) is 15.4 Å². The zero-order valence-corrected chi connectivity index (χ0v) is 8.98. The smallest absolute Gasteiger partial charge is 0.194 e. The van der Waals surface area contributed by atoms with Crippen molar-refractivity contribution < 1.29 is 0 Å². The predicted molar refractivity (Wildman–Crippen MR) is 58.2 cm³/mol. The Morgan fingerprint density at radius 3 is 3.00 bits per heavy atom. The van der Waals surface area contributed by atoms with E-state index in [1.807, 2.05) is 22.9 Å². The van der Waals surface area contributed by atoms with E-state index < -0.39 is 0 Å². The van der Waals surface area contributed by atoms with Crippen molar-refractivity contribution in [1.82, 2.24) is 24.8 Å². The summed E-state index contributed by atoms with van der Waals surface area (Å²) in [5.74, 6) is 0.631. The Hall–Kier alpha value is -1.76. The highest BCUT2D eigenvalue weighted by atomic mass is 32.1. The number of hydrogen-bond donors (Lipinski definition) is 1. The SMILES string of the molecule is Cn1nnc(Cn2cccc2C(N)=S)n1. The predicted octanol–water partition coefficient (Wildman–Crippen LogP) is -0.306. The highest BCUT2D eigenvalue weighted by molar-refractivity contribution is 7.80. The minimum absolute atomic E-state index is 0.365. The molecule has 2 aromatic rings. The summed E-state index contributed by atoms with van der Waals surface area (Å²) in [7, 11) is 1.72. The van der Waals surface area contributed by atoms with Crippen molar-refractivity contribution in [3.63, 3.8) is 0 Å². The van der Waals surface area contributed by atoms with E-state index in [0.717, 1.165) is 5.69 Å². The molecule has 15 heavy (non-hydrogen) atoms. The van der Waals surface area contributed by atoms with Gasteiger partial charge in [0.25, 0.3) is 0 Å². The highest BCUT2D eigenvalue weighted by Crippen LogP contribution is 2.04. The molecular weight excluding hydrogens is 212 g/mol. The fourth-order valence-electron chi connectivity index (χ4n) is 1.31. The lowest BCUT2D eigenvalue weighted by Crippen LogP contribution is -2.16. The molecule has 0 saturated carbocycles. The van der Waals surface area contributed by atoms with Gasteiger partial charge in [-0.15, -0.1) is 10.2 Å². The molecular formula is C8H10N6S. The number of tetrazole rings is 1. The van der Waals surface area contributed by atoms with Crippen molar-refractivity contribution in [2.24, 2.45) is 12.8 Å². The summed E-state index contributed by atoms with van der Waals surface area (Å²) >= 11 is 4.92. The van der Waals surface area contributed by atoms with Gasteiger partial charge >= 0.3 is 0 Å². The summed E-state index contributed by atoms with van der Waals surface area (Å²) in [5, 5.41) is 11.7. The van der Waals surface area contributed by atoms with Crippen molar-refractivity contribution in [1.29, 1.82) is 0 Å². The first-order chi connectivity index (χ1) is 7.16. The second-order valence-electron chi connectivity index (χ2n) is 3.08. The van der Waals surface area contributed by atoms with Crippen LogP contribution >= 0.6 is 12.2 Å². The van der Waals surface area contributed by atoms with Gasteiger partial charge in [0.1, 0.15) is 4.99 Å². The number of thiocarbonyl (C=S) groups is 1. The molecule has 7 heteroatoms. The van der Waals surface area contributed by atoms with E-state index >= 15 is 0 Å². The molecule has 0 aliphatic heterocycles. The molecule has 78 valence electrons. The monoisotopic (exact) mass is 222 g/mol. The fourth-order valence-corrected chi connectivity index (χ4v) is 1.50. The summed E-state index contributed by atoms with van der Waals surface area (Å²) in [6.45, 7) is 0.521. The fraction of sp³-hybridized carbons (Fsp3) is 0.250. The Bertz CT molecular complexity index is 485. The van der Waals surface area contributed by atoms with Gasteiger partial charge in [0, 0.05) is 6.20 Å². The molecule has 0 bridgehead atoms. The van der Waals surface area contributed by atoms with Crippen molar-refractivity contribution in [3.05, 3.63) is 29.8 Å². The Morgan fingerprint density at radius 1 is 1.60 bits per heavy atom. The molecule has 0 aromatic carbocycles. The van der Waals surface area contributed by atoms with Crippen molar-refractivity contribution in [2.45, 2.75) is 6.54 Å². The Morgan fingerprint density at radius 2 is 2.40 bits per heavy atom. The van der Waals surface area contributed by atoms with Gasteiger partial charge in [-0.3, -0.25) is 0 Å². The Labute approximate surface area is 91.7 Å². The lowest BCUT2D eigenvalue weighted by Gasteiger charge is -2.03. The van der Waals surface area contributed by atoms with E-state index in [-0.39, 0.29) is 0 Å². The van der Waals surface area contributed by atoms with E-state index in [9.17, 15) is 0 Å². The van der Waals surface area contributed by atoms with Gasteiger partial charge in [-0.05, 0) is 17.3 Å². The quantitative estimate of drug-likeness (QED) is 0.721. The molecule has 2 heterocycles. The molecule has 0 aliphatic rings. The molecule has 2 rings (SSSR count). The maximum Gasteiger partial charge on any atom is 0.194 e. The molecule has 2 aromatic heterocycles. The van der Waals surface area contributed by atoms with Crippen LogP contribution in [0.5, 0.6) is 0 Å². The second-order valence-corrected chi connectivity index (χ2v) is 3.52. The van der Waals surface area contributed by atoms with Crippen LogP contribution < -0.4 is 5.73 Å². The molecule has 2 N–H and O–H groups in total. The average Bonchev–Trinajstić information content (AvgIpc) is 2.75. The van der Waals surface area contributed by atoms with Gasteiger partial charge in [0.05, 0.1) is 19.3 Å². The van der Waals surface area contributed by atoms with Crippen molar-refractivity contribution in [2.75, 3.05) is 0 Å². The third-order valence-corrected chi connectivity index (χ3v) is 2.15. The van der Waals surface area contributed by atoms with Crippen molar-refractivity contribution >= 4 is 17.2 Å². The third kappa shape index (κ3) is 2.01. The normalized spacial score (nSPS) is 10.5. The average molecular weight is 222 g/mol. The third-order valence-electron chi connectivity index (χ3n) is 1.94. The highest BCUT2D eigenvalue weighted by Gasteiger charge is 2.06. The topological polar surface area (TPSA) is 74.5 Å². The summed E-state index contributed by atoms with van der Waals surface area (Å²) in [4.78, 5) is 1.78. The Kier molecular flexibility index (Phi) is 2.46. The van der Waals surface area contributed by atoms with E-state index in [1.165, 1.54) is 4.80 Å². The zero-order valence-electron chi connectivity index (χ0n) is 8.16. The van der Waals surface area contributed by atoms with Crippen LogP contribution in [0.2, 0.25) is 0 Å². The number of hydrogen-bond acceptors (Lipinski definition) is 4. The van der Waals surface area contributed by atoms with Crippen LogP contribution in [0.3, 0.4) is 0 Å². The first-order valence-corrected chi connectivity index (χ1v) is 4.75. The molecule has 0 spiro atoms. The number of aromatic nitrogens is 5. The van der Waals surface area contributed by atoms with E-state index in [1.54, 1.807) is 7.05 Å². The molecule has 0 atom stereocenters. The van der Waals surface area contributed by atoms with Crippen LogP contribution in [0.4, 0.5) is 0 Å². The van der Waals surface area contributed by atoms with Crippen LogP contribution in [0.1, 0.15) is 11.5 Å². The van der Waals surface area contributed by atoms with Crippen LogP contribution in [0, 0.1) is 0 Å². The lowest BCUT2D eigenvalue weighted by molar-refractivity contribution is 0.625. The van der Waals surface area contributed by atoms with Crippen LogP contribution in [-0.2, 0) is 13.6 Å². The van der Waals surface area contributed by atoms with Crippen molar-refractivity contribution in [3.8, 4) is 0 Å². The molecule has 0 aliphatic carbocycles. The second kappa shape index (κ2) is 3.77. The van der Waals surface area contributed by atoms with Crippen LogP contribution in [-0.4, -0.2) is 29.8 Å². The van der Waals surface area contributed by atoms with E-state index in [4.69, 9.17) is 18.0 Å². The lowest BCUT2D eigenvalue weighted by atomic mass is 10.4. The number of nitrogens with zero attached hydrogens (tertiary/aromatic N) is 5. The van der Waals surface area contributed by atoms with Gasteiger partial charge in [0.15, 0.2) is 5.82 Å². The molecule has 6 nitrogen and oxygen atoms in total. The number of aryl methyl sites for hydroxylation is 1. The van der Waals surface area contributed by atoms with E-state index in [0.29, 0.717) is 17.4 Å². The molecule has 0 amide bonds. The van der Waals surface area contributed by atoms with Crippen LogP contribution in [0.15, 0.2) is 18.3 Å². The van der Waals surface area contributed by atoms with Gasteiger partial charge in [-0.25, -0.2) is 0 Å². The minimum atomic E-state index is 0.365. The molecule has 0 saturated heterocycles. The van der Waals surface area contributed by atoms with Gasteiger partial charge in [0.2, 0.25) is 0 Å². The minimum Gasteiger partial charge on any atom is -0.388 e. The summed E-state index contributed by atoms with van der Waals surface area (Å²) in [6.07, 6.45) is 1.88. The first kappa shape index (κ1) is 9.78. The summed E-state index contributed by atoms with van der Waals surface area (Å²) in [5.41, 5.74) is 6.37. The van der Waals surface area contributed by atoms with Gasteiger partial charge < -0.3 is 10.3 Å². The number of rotatable bonds is 3.